The number of carbonyl (C=O) groups is 1. The first-order valence-corrected chi connectivity index (χ1v) is 7.43. The van der Waals surface area contributed by atoms with E-state index in [0.717, 1.165) is 31.6 Å². The van der Waals surface area contributed by atoms with E-state index in [9.17, 15) is 4.79 Å². The summed E-state index contributed by atoms with van der Waals surface area (Å²) in [5, 5.41) is 0. The summed E-state index contributed by atoms with van der Waals surface area (Å²) < 4.78 is 0. The zero-order valence-electron chi connectivity index (χ0n) is 13.5. The fourth-order valence-electron chi connectivity index (χ4n) is 2.02. The van der Waals surface area contributed by atoms with Crippen molar-refractivity contribution < 1.29 is 4.79 Å². The molecule has 3 nitrogen and oxygen atoms in total. The van der Waals surface area contributed by atoms with Crippen LogP contribution in [0, 0.1) is 5.41 Å². The highest BCUT2D eigenvalue weighted by Gasteiger charge is 2.20. The number of anilines is 1. The molecule has 0 aliphatic heterocycles. The highest BCUT2D eigenvalue weighted by molar-refractivity contribution is 5.91. The van der Waals surface area contributed by atoms with E-state index < -0.39 is 0 Å². The van der Waals surface area contributed by atoms with E-state index in [1.807, 2.05) is 42.3 Å². The Kier molecular flexibility index (Phi) is 6.05. The average molecular weight is 276 g/mol. The van der Waals surface area contributed by atoms with Crippen molar-refractivity contribution in [3.8, 4) is 0 Å². The van der Waals surface area contributed by atoms with E-state index >= 15 is 0 Å². The van der Waals surface area contributed by atoms with Gasteiger partial charge in [0.25, 0.3) is 0 Å². The van der Waals surface area contributed by atoms with Crippen molar-refractivity contribution in [1.82, 2.24) is 4.90 Å². The Bertz CT molecular complexity index is 409. The molecule has 0 atom stereocenters. The minimum absolute atomic E-state index is 0.0855. The Morgan fingerprint density at radius 2 is 1.70 bits per heavy atom. The highest BCUT2D eigenvalue weighted by Crippen LogP contribution is 2.20. The first-order chi connectivity index (χ1) is 9.35. The third kappa shape index (κ3) is 5.24. The van der Waals surface area contributed by atoms with E-state index in [4.69, 9.17) is 0 Å². The lowest BCUT2D eigenvalue weighted by Gasteiger charge is -2.30. The van der Waals surface area contributed by atoms with E-state index in [1.54, 1.807) is 4.90 Å². The van der Waals surface area contributed by atoms with Crippen LogP contribution in [0.3, 0.4) is 0 Å². The molecule has 0 saturated carbocycles. The third-order valence-electron chi connectivity index (χ3n) is 3.33. The van der Waals surface area contributed by atoms with E-state index in [-0.39, 0.29) is 11.4 Å². The van der Waals surface area contributed by atoms with Crippen LogP contribution in [0.15, 0.2) is 30.3 Å². The molecule has 0 N–H and O–H groups in total. The van der Waals surface area contributed by atoms with Gasteiger partial charge in [-0.1, -0.05) is 45.9 Å². The van der Waals surface area contributed by atoms with Gasteiger partial charge in [-0.15, -0.1) is 0 Å². The van der Waals surface area contributed by atoms with Gasteiger partial charge in [-0.2, -0.15) is 0 Å². The summed E-state index contributed by atoms with van der Waals surface area (Å²) in [6.45, 7) is 10.4. The lowest BCUT2D eigenvalue weighted by Crippen LogP contribution is -2.43. The van der Waals surface area contributed by atoms with Crippen LogP contribution in [-0.2, 0) is 0 Å². The molecule has 0 aliphatic carbocycles. The van der Waals surface area contributed by atoms with Gasteiger partial charge in [0.15, 0.2) is 0 Å². The Labute approximate surface area is 123 Å². The predicted octanol–water partition coefficient (Wildman–Crippen LogP) is 4.39. The second-order valence-electron chi connectivity index (χ2n) is 6.47. The van der Waals surface area contributed by atoms with Gasteiger partial charge in [-0.3, -0.25) is 4.90 Å². The van der Waals surface area contributed by atoms with Gasteiger partial charge in [0, 0.05) is 25.8 Å². The molecule has 0 unspecified atom stereocenters. The Balaban J connectivity index is 2.73. The maximum absolute atomic E-state index is 12.6. The Morgan fingerprint density at radius 1 is 1.10 bits per heavy atom. The maximum Gasteiger partial charge on any atom is 0.324 e. The van der Waals surface area contributed by atoms with Crippen molar-refractivity contribution in [2.45, 2.75) is 40.5 Å². The van der Waals surface area contributed by atoms with Crippen LogP contribution in [0.1, 0.15) is 40.5 Å². The average Bonchev–Trinajstić information content (AvgIpc) is 2.42. The second kappa shape index (κ2) is 7.32. The maximum atomic E-state index is 12.6. The van der Waals surface area contributed by atoms with Crippen molar-refractivity contribution in [2.24, 2.45) is 5.41 Å². The first kappa shape index (κ1) is 16.5. The topological polar surface area (TPSA) is 23.6 Å². The van der Waals surface area contributed by atoms with E-state index in [0.29, 0.717) is 0 Å². The number of rotatable bonds is 5. The summed E-state index contributed by atoms with van der Waals surface area (Å²) in [7, 11) is 1.84. The van der Waals surface area contributed by atoms with Crippen LogP contribution in [0.4, 0.5) is 10.5 Å². The standard InChI is InChI=1S/C17H28N2O/c1-6-13-19(14-12-17(2,3)4)16(20)18(5)15-10-8-7-9-11-15/h7-11H,6,12-14H2,1-5H3. The van der Waals surface area contributed by atoms with Crippen LogP contribution in [0.25, 0.3) is 0 Å². The van der Waals surface area contributed by atoms with Crippen LogP contribution in [0.2, 0.25) is 0 Å². The van der Waals surface area contributed by atoms with Crippen LogP contribution in [0.5, 0.6) is 0 Å². The number of hydrogen-bond acceptors (Lipinski definition) is 1. The van der Waals surface area contributed by atoms with Gasteiger partial charge in [-0.25, -0.2) is 4.79 Å². The van der Waals surface area contributed by atoms with Crippen molar-refractivity contribution in [3.63, 3.8) is 0 Å². The zero-order valence-corrected chi connectivity index (χ0v) is 13.5. The number of nitrogens with zero attached hydrogens (tertiary/aromatic N) is 2. The monoisotopic (exact) mass is 276 g/mol. The van der Waals surface area contributed by atoms with Gasteiger partial charge < -0.3 is 4.90 Å². The number of urea groups is 1. The van der Waals surface area contributed by atoms with Gasteiger partial charge in [-0.05, 0) is 30.4 Å². The molecule has 20 heavy (non-hydrogen) atoms. The molecule has 0 radical (unpaired) electrons. The van der Waals surface area contributed by atoms with Gasteiger partial charge in [0.2, 0.25) is 0 Å². The molecule has 1 rings (SSSR count). The van der Waals surface area contributed by atoms with E-state index in [2.05, 4.69) is 27.7 Å². The predicted molar refractivity (Wildman–Crippen MR) is 86.2 cm³/mol. The summed E-state index contributed by atoms with van der Waals surface area (Å²) in [5.74, 6) is 0. The Morgan fingerprint density at radius 3 is 2.20 bits per heavy atom. The largest absolute Gasteiger partial charge is 0.324 e. The number of hydrogen-bond donors (Lipinski definition) is 0. The van der Waals surface area contributed by atoms with Crippen molar-refractivity contribution >= 4 is 11.7 Å². The normalized spacial score (nSPS) is 11.2. The molecule has 1 aromatic carbocycles. The minimum Gasteiger partial charge on any atom is -0.324 e. The summed E-state index contributed by atoms with van der Waals surface area (Å²) in [6, 6.07) is 9.89. The molecule has 2 amide bonds. The van der Waals surface area contributed by atoms with Crippen molar-refractivity contribution in [3.05, 3.63) is 30.3 Å². The molecule has 0 spiro atoms. The smallest absolute Gasteiger partial charge is 0.324 e. The molecular weight excluding hydrogens is 248 g/mol. The van der Waals surface area contributed by atoms with Crippen LogP contribution >= 0.6 is 0 Å². The van der Waals surface area contributed by atoms with Gasteiger partial charge >= 0.3 is 6.03 Å². The summed E-state index contributed by atoms with van der Waals surface area (Å²) in [6.07, 6.45) is 2.00. The zero-order chi connectivity index (χ0) is 15.2. The van der Waals surface area contributed by atoms with Crippen LogP contribution < -0.4 is 4.90 Å². The number of amides is 2. The molecule has 0 saturated heterocycles. The quantitative estimate of drug-likeness (QED) is 0.782. The molecule has 0 bridgehead atoms. The molecule has 0 aromatic heterocycles. The SMILES string of the molecule is CCCN(CCC(C)(C)C)C(=O)N(C)c1ccccc1. The van der Waals surface area contributed by atoms with Gasteiger partial charge in [0.1, 0.15) is 0 Å². The molecular formula is C17H28N2O. The summed E-state index contributed by atoms with van der Waals surface area (Å²) >= 11 is 0. The molecule has 1 aromatic rings. The van der Waals surface area contributed by atoms with Crippen molar-refractivity contribution in [1.29, 1.82) is 0 Å². The summed E-state index contributed by atoms with van der Waals surface area (Å²) in [4.78, 5) is 16.3. The number of carbonyl (C=O) groups excluding carboxylic acids is 1. The van der Waals surface area contributed by atoms with E-state index in [1.165, 1.54) is 0 Å². The number of para-hydroxylation sites is 1. The first-order valence-electron chi connectivity index (χ1n) is 7.43. The molecule has 112 valence electrons. The molecule has 0 aliphatic rings. The van der Waals surface area contributed by atoms with Crippen LogP contribution in [-0.4, -0.2) is 31.1 Å². The van der Waals surface area contributed by atoms with Crippen molar-refractivity contribution in [2.75, 3.05) is 25.0 Å². The highest BCUT2D eigenvalue weighted by atomic mass is 16.2. The summed E-state index contributed by atoms with van der Waals surface area (Å²) in [5.41, 5.74) is 1.19. The third-order valence-corrected chi connectivity index (χ3v) is 3.33. The van der Waals surface area contributed by atoms with Gasteiger partial charge in [0.05, 0.1) is 0 Å². The fourth-order valence-corrected chi connectivity index (χ4v) is 2.02. The fraction of sp³-hybridized carbons (Fsp3) is 0.588. The number of benzene rings is 1. The minimum atomic E-state index is 0.0855. The second-order valence-corrected chi connectivity index (χ2v) is 6.47. The molecule has 3 heteroatoms. The molecule has 0 fully saturated rings. The molecule has 0 heterocycles. The Hall–Kier alpha value is -1.51. The lowest BCUT2D eigenvalue weighted by molar-refractivity contribution is 0.196. The lowest BCUT2D eigenvalue weighted by atomic mass is 9.92.